The summed E-state index contributed by atoms with van der Waals surface area (Å²) in [4.78, 5) is 0. The van der Waals surface area contributed by atoms with Gasteiger partial charge in [0.15, 0.2) is 15.6 Å². The smallest absolute Gasteiger partial charge is 0.158 e. The minimum Gasteiger partial charge on any atom is -0.489 e. The summed E-state index contributed by atoms with van der Waals surface area (Å²) >= 11 is 0. The van der Waals surface area contributed by atoms with E-state index in [9.17, 15) is 8.42 Å². The summed E-state index contributed by atoms with van der Waals surface area (Å²) < 4.78 is 30.2. The average molecular weight is 274 g/mol. The molecule has 5 nitrogen and oxygen atoms in total. The monoisotopic (exact) mass is 274 g/mol. The van der Waals surface area contributed by atoms with Gasteiger partial charge < -0.3 is 4.74 Å². The predicted octanol–water partition coefficient (Wildman–Crippen LogP) is 1.89. The van der Waals surface area contributed by atoms with Crippen LogP contribution in [0.25, 0.3) is 0 Å². The molecule has 1 aromatic heterocycles. The van der Waals surface area contributed by atoms with E-state index >= 15 is 0 Å². The van der Waals surface area contributed by atoms with Crippen LogP contribution in [-0.4, -0.2) is 35.3 Å². The molecule has 0 aliphatic carbocycles. The van der Waals surface area contributed by atoms with Crippen LogP contribution in [0, 0.1) is 0 Å². The molecular formula is C12H22N2O3S. The SMILES string of the molecule is CCCn1cc(OCCS(=O)(=O)C(C)(C)C)cn1. The van der Waals surface area contributed by atoms with Crippen molar-refractivity contribution in [1.82, 2.24) is 9.78 Å². The number of nitrogens with zero attached hydrogens (tertiary/aromatic N) is 2. The summed E-state index contributed by atoms with van der Waals surface area (Å²) in [6.07, 6.45) is 4.39. The molecule has 0 saturated heterocycles. The third kappa shape index (κ3) is 4.01. The predicted molar refractivity (Wildman–Crippen MR) is 71.6 cm³/mol. The van der Waals surface area contributed by atoms with Gasteiger partial charge in [0, 0.05) is 6.54 Å². The molecule has 18 heavy (non-hydrogen) atoms. The Labute approximate surface area is 109 Å². The highest BCUT2D eigenvalue weighted by Gasteiger charge is 2.28. The fourth-order valence-corrected chi connectivity index (χ4v) is 2.26. The molecule has 0 aliphatic heterocycles. The molecule has 1 aromatic rings. The van der Waals surface area contributed by atoms with E-state index in [4.69, 9.17) is 4.74 Å². The van der Waals surface area contributed by atoms with Crippen LogP contribution in [0.4, 0.5) is 0 Å². The van der Waals surface area contributed by atoms with Gasteiger partial charge in [0.05, 0.1) is 22.9 Å². The van der Waals surface area contributed by atoms with Crippen molar-refractivity contribution in [2.24, 2.45) is 0 Å². The minimum atomic E-state index is -3.12. The van der Waals surface area contributed by atoms with Crippen LogP contribution in [0.2, 0.25) is 0 Å². The Hall–Kier alpha value is -1.04. The van der Waals surface area contributed by atoms with E-state index in [-0.39, 0.29) is 12.4 Å². The lowest BCUT2D eigenvalue weighted by molar-refractivity contribution is 0.339. The second-order valence-electron chi connectivity index (χ2n) is 5.22. The highest BCUT2D eigenvalue weighted by Crippen LogP contribution is 2.16. The first-order valence-corrected chi connectivity index (χ1v) is 7.79. The lowest BCUT2D eigenvalue weighted by Gasteiger charge is -2.18. The third-order valence-corrected chi connectivity index (χ3v) is 5.19. The second-order valence-corrected chi connectivity index (χ2v) is 8.08. The van der Waals surface area contributed by atoms with Crippen LogP contribution in [0.5, 0.6) is 5.75 Å². The van der Waals surface area contributed by atoms with E-state index in [2.05, 4.69) is 12.0 Å². The van der Waals surface area contributed by atoms with E-state index < -0.39 is 14.6 Å². The standard InChI is InChI=1S/C12H22N2O3S/c1-5-6-14-10-11(9-13-14)17-7-8-18(15,16)12(2,3)4/h9-10H,5-8H2,1-4H3. The molecule has 0 aromatic carbocycles. The fraction of sp³-hybridized carbons (Fsp3) is 0.750. The number of hydrogen-bond acceptors (Lipinski definition) is 4. The van der Waals surface area contributed by atoms with Gasteiger partial charge >= 0.3 is 0 Å². The molecular weight excluding hydrogens is 252 g/mol. The van der Waals surface area contributed by atoms with Crippen LogP contribution >= 0.6 is 0 Å². The van der Waals surface area contributed by atoms with Crippen LogP contribution in [0.3, 0.4) is 0 Å². The molecule has 0 radical (unpaired) electrons. The number of rotatable bonds is 6. The molecule has 0 fully saturated rings. The fourth-order valence-electron chi connectivity index (χ4n) is 1.35. The van der Waals surface area contributed by atoms with Gasteiger partial charge in [-0.3, -0.25) is 4.68 Å². The molecule has 1 rings (SSSR count). The Morgan fingerprint density at radius 1 is 1.39 bits per heavy atom. The quantitative estimate of drug-likeness (QED) is 0.794. The Kier molecular flexibility index (Phi) is 4.78. The molecule has 104 valence electrons. The maximum atomic E-state index is 11.8. The summed E-state index contributed by atoms with van der Waals surface area (Å²) in [6, 6.07) is 0. The first-order chi connectivity index (χ1) is 8.26. The zero-order valence-electron chi connectivity index (χ0n) is 11.5. The number of sulfone groups is 1. The number of hydrogen-bond donors (Lipinski definition) is 0. The van der Waals surface area contributed by atoms with E-state index in [1.807, 2.05) is 0 Å². The summed E-state index contributed by atoms with van der Waals surface area (Å²) in [7, 11) is -3.12. The normalized spacial score (nSPS) is 12.7. The Morgan fingerprint density at radius 2 is 2.06 bits per heavy atom. The number of aromatic nitrogens is 2. The van der Waals surface area contributed by atoms with Crippen molar-refractivity contribution in [3.63, 3.8) is 0 Å². The van der Waals surface area contributed by atoms with Gasteiger partial charge in [0.2, 0.25) is 0 Å². The second kappa shape index (κ2) is 5.73. The summed E-state index contributed by atoms with van der Waals surface area (Å²) in [6.45, 7) is 8.16. The molecule has 0 spiro atoms. The first kappa shape index (κ1) is 15.0. The van der Waals surface area contributed by atoms with Crippen LogP contribution in [0.1, 0.15) is 34.1 Å². The van der Waals surface area contributed by atoms with Crippen molar-refractivity contribution < 1.29 is 13.2 Å². The summed E-state index contributed by atoms with van der Waals surface area (Å²) in [5.41, 5.74) is 0. The molecule has 0 bridgehead atoms. The molecule has 0 unspecified atom stereocenters. The van der Waals surface area contributed by atoms with Crippen molar-refractivity contribution in [3.8, 4) is 5.75 Å². The Morgan fingerprint density at radius 3 is 2.61 bits per heavy atom. The number of ether oxygens (including phenoxy) is 1. The maximum absolute atomic E-state index is 11.8. The van der Waals surface area contributed by atoms with Gasteiger partial charge in [0.1, 0.15) is 6.61 Å². The molecule has 0 aliphatic rings. The maximum Gasteiger partial charge on any atom is 0.158 e. The largest absolute Gasteiger partial charge is 0.489 e. The lowest BCUT2D eigenvalue weighted by atomic mass is 10.3. The highest BCUT2D eigenvalue weighted by molar-refractivity contribution is 7.92. The van der Waals surface area contributed by atoms with Crippen molar-refractivity contribution in [2.45, 2.75) is 45.4 Å². The molecule has 6 heteroatoms. The minimum absolute atomic E-state index is 0.0233. The van der Waals surface area contributed by atoms with Crippen LogP contribution < -0.4 is 4.74 Å². The van der Waals surface area contributed by atoms with Gasteiger partial charge in [-0.25, -0.2) is 8.42 Å². The summed E-state index contributed by atoms with van der Waals surface area (Å²) in [5.74, 6) is 0.641. The lowest BCUT2D eigenvalue weighted by Crippen LogP contribution is -2.32. The van der Waals surface area contributed by atoms with Gasteiger partial charge in [-0.15, -0.1) is 0 Å². The summed E-state index contributed by atoms with van der Waals surface area (Å²) in [5, 5.41) is 4.11. The van der Waals surface area contributed by atoms with Gasteiger partial charge in [0.25, 0.3) is 0 Å². The Balaban J connectivity index is 2.47. The van der Waals surface area contributed by atoms with E-state index in [0.29, 0.717) is 5.75 Å². The Bertz CT molecular complexity index is 472. The van der Waals surface area contributed by atoms with Crippen LogP contribution in [-0.2, 0) is 16.4 Å². The number of aryl methyl sites for hydroxylation is 1. The van der Waals surface area contributed by atoms with Crippen molar-refractivity contribution >= 4 is 9.84 Å². The zero-order valence-corrected chi connectivity index (χ0v) is 12.3. The van der Waals surface area contributed by atoms with Crippen molar-refractivity contribution in [1.29, 1.82) is 0 Å². The van der Waals surface area contributed by atoms with E-state index in [0.717, 1.165) is 13.0 Å². The average Bonchev–Trinajstić information content (AvgIpc) is 2.64. The van der Waals surface area contributed by atoms with E-state index in [1.54, 1.807) is 37.8 Å². The van der Waals surface area contributed by atoms with E-state index in [1.165, 1.54) is 0 Å². The molecule has 0 N–H and O–H groups in total. The van der Waals surface area contributed by atoms with Gasteiger partial charge in [-0.1, -0.05) is 6.92 Å². The molecule has 0 amide bonds. The molecule has 0 saturated carbocycles. The zero-order chi connectivity index (χ0) is 13.8. The topological polar surface area (TPSA) is 61.2 Å². The highest BCUT2D eigenvalue weighted by atomic mass is 32.2. The van der Waals surface area contributed by atoms with Gasteiger partial charge in [-0.2, -0.15) is 5.10 Å². The molecule has 0 atom stereocenters. The van der Waals surface area contributed by atoms with Crippen LogP contribution in [0.15, 0.2) is 12.4 Å². The third-order valence-electron chi connectivity index (χ3n) is 2.62. The van der Waals surface area contributed by atoms with Crippen molar-refractivity contribution in [3.05, 3.63) is 12.4 Å². The first-order valence-electron chi connectivity index (χ1n) is 6.14. The van der Waals surface area contributed by atoms with Crippen molar-refractivity contribution in [2.75, 3.05) is 12.4 Å². The van der Waals surface area contributed by atoms with Gasteiger partial charge in [-0.05, 0) is 27.2 Å². The molecule has 1 heterocycles.